The fraction of sp³-hybridized carbons (Fsp3) is 0.400. The highest BCUT2D eigenvalue weighted by molar-refractivity contribution is 5.88. The van der Waals surface area contributed by atoms with Gasteiger partial charge in [-0.15, -0.1) is 0 Å². The molecule has 0 saturated heterocycles. The van der Waals surface area contributed by atoms with Gasteiger partial charge in [-0.1, -0.05) is 44.2 Å². The van der Waals surface area contributed by atoms with Crippen LogP contribution in [0.3, 0.4) is 0 Å². The number of rotatable bonds is 6. The highest BCUT2D eigenvalue weighted by Gasteiger charge is 2.30. The lowest BCUT2D eigenvalue weighted by Gasteiger charge is -2.22. The Hall–Kier alpha value is -2.37. The van der Waals surface area contributed by atoms with Gasteiger partial charge in [0.1, 0.15) is 6.04 Å². The number of carbonyl (C=O) groups excluding carboxylic acids is 2. The van der Waals surface area contributed by atoms with E-state index in [4.69, 9.17) is 9.84 Å². The van der Waals surface area contributed by atoms with Crippen LogP contribution in [0, 0.1) is 5.92 Å². The number of hydrogen-bond acceptors (Lipinski definition) is 4. The predicted octanol–water partition coefficient (Wildman–Crippen LogP) is 1.52. The van der Waals surface area contributed by atoms with E-state index in [1.54, 1.807) is 44.2 Å². The van der Waals surface area contributed by atoms with E-state index in [2.05, 4.69) is 5.32 Å². The standard InChI is InChI=1S/C15H19NO5/c1-9(2)12(15(19)20)16-14(18)13(21-10(3)17)11-7-5-4-6-8-11/h4-9,12-13H,1-3H3,(H,16,18)(H,19,20)/t12-,13-/m0/s1. The second kappa shape index (κ2) is 7.42. The fourth-order valence-electron chi connectivity index (χ4n) is 1.81. The quantitative estimate of drug-likeness (QED) is 0.776. The van der Waals surface area contributed by atoms with E-state index in [1.807, 2.05) is 0 Å². The number of benzene rings is 1. The number of aliphatic carboxylic acids is 1. The molecule has 114 valence electrons. The first-order valence-electron chi connectivity index (χ1n) is 6.58. The lowest BCUT2D eigenvalue weighted by Crippen LogP contribution is -2.46. The lowest BCUT2D eigenvalue weighted by atomic mass is 10.0. The normalized spacial score (nSPS) is 13.3. The van der Waals surface area contributed by atoms with Gasteiger partial charge in [-0.25, -0.2) is 4.79 Å². The van der Waals surface area contributed by atoms with Crippen molar-refractivity contribution in [1.29, 1.82) is 0 Å². The third-order valence-corrected chi connectivity index (χ3v) is 2.85. The molecule has 0 aliphatic carbocycles. The minimum absolute atomic E-state index is 0.291. The summed E-state index contributed by atoms with van der Waals surface area (Å²) >= 11 is 0. The maximum Gasteiger partial charge on any atom is 0.326 e. The van der Waals surface area contributed by atoms with E-state index in [0.29, 0.717) is 5.56 Å². The maximum absolute atomic E-state index is 12.2. The van der Waals surface area contributed by atoms with Gasteiger partial charge < -0.3 is 15.2 Å². The largest absolute Gasteiger partial charge is 0.480 e. The van der Waals surface area contributed by atoms with E-state index in [-0.39, 0.29) is 5.92 Å². The van der Waals surface area contributed by atoms with Gasteiger partial charge in [0, 0.05) is 12.5 Å². The van der Waals surface area contributed by atoms with Crippen LogP contribution < -0.4 is 5.32 Å². The van der Waals surface area contributed by atoms with Crippen molar-refractivity contribution < 1.29 is 24.2 Å². The molecular weight excluding hydrogens is 274 g/mol. The van der Waals surface area contributed by atoms with Crippen LogP contribution >= 0.6 is 0 Å². The third-order valence-electron chi connectivity index (χ3n) is 2.85. The average molecular weight is 293 g/mol. The first-order valence-corrected chi connectivity index (χ1v) is 6.58. The Labute approximate surface area is 123 Å². The Kier molecular flexibility index (Phi) is 5.90. The van der Waals surface area contributed by atoms with Crippen molar-refractivity contribution in [2.75, 3.05) is 0 Å². The van der Waals surface area contributed by atoms with Crippen LogP contribution in [0.5, 0.6) is 0 Å². The molecular formula is C15H19NO5. The molecule has 0 aliphatic rings. The molecule has 1 amide bonds. The second-order valence-corrected chi connectivity index (χ2v) is 4.97. The zero-order valence-corrected chi connectivity index (χ0v) is 12.2. The van der Waals surface area contributed by atoms with Gasteiger partial charge in [-0.3, -0.25) is 9.59 Å². The molecule has 6 nitrogen and oxygen atoms in total. The minimum atomic E-state index is -1.16. The van der Waals surface area contributed by atoms with Crippen molar-refractivity contribution in [2.24, 2.45) is 5.92 Å². The predicted molar refractivity (Wildman–Crippen MR) is 75.4 cm³/mol. The van der Waals surface area contributed by atoms with E-state index in [0.717, 1.165) is 0 Å². The first kappa shape index (κ1) is 16.7. The van der Waals surface area contributed by atoms with Crippen molar-refractivity contribution >= 4 is 17.8 Å². The molecule has 21 heavy (non-hydrogen) atoms. The summed E-state index contributed by atoms with van der Waals surface area (Å²) in [5, 5.41) is 11.5. The van der Waals surface area contributed by atoms with E-state index >= 15 is 0 Å². The molecule has 2 N–H and O–H groups in total. The lowest BCUT2D eigenvalue weighted by molar-refractivity contribution is -0.155. The molecule has 1 aromatic rings. The van der Waals surface area contributed by atoms with Crippen molar-refractivity contribution in [3.63, 3.8) is 0 Å². The Morgan fingerprint density at radius 2 is 1.71 bits per heavy atom. The number of carboxylic acids is 1. The summed E-state index contributed by atoms with van der Waals surface area (Å²) in [6, 6.07) is 7.41. The van der Waals surface area contributed by atoms with Crippen LogP contribution in [0.15, 0.2) is 30.3 Å². The van der Waals surface area contributed by atoms with Gasteiger partial charge in [-0.2, -0.15) is 0 Å². The SMILES string of the molecule is CC(=O)O[C@H](C(=O)N[C@H](C(=O)O)C(C)C)c1ccccc1. The van der Waals surface area contributed by atoms with Crippen LogP contribution in [-0.4, -0.2) is 29.0 Å². The van der Waals surface area contributed by atoms with Crippen LogP contribution in [0.25, 0.3) is 0 Å². The zero-order valence-electron chi connectivity index (χ0n) is 12.2. The van der Waals surface area contributed by atoms with Crippen molar-refractivity contribution in [1.82, 2.24) is 5.32 Å². The topological polar surface area (TPSA) is 92.7 Å². The molecule has 0 bridgehead atoms. The Morgan fingerprint density at radius 1 is 1.14 bits per heavy atom. The van der Waals surface area contributed by atoms with Crippen molar-refractivity contribution in [3.8, 4) is 0 Å². The monoisotopic (exact) mass is 293 g/mol. The average Bonchev–Trinajstić information content (AvgIpc) is 2.42. The molecule has 0 heterocycles. The molecule has 1 rings (SSSR count). The number of nitrogens with one attached hydrogen (secondary N) is 1. The summed E-state index contributed by atoms with van der Waals surface area (Å²) in [5.74, 6) is -2.69. The van der Waals surface area contributed by atoms with E-state index in [1.165, 1.54) is 6.92 Å². The summed E-state index contributed by atoms with van der Waals surface area (Å²) in [5.41, 5.74) is 0.484. The Balaban J connectivity index is 2.96. The van der Waals surface area contributed by atoms with Gasteiger partial charge in [0.05, 0.1) is 0 Å². The van der Waals surface area contributed by atoms with Gasteiger partial charge in [0.15, 0.2) is 0 Å². The van der Waals surface area contributed by atoms with Crippen LogP contribution in [0.2, 0.25) is 0 Å². The van der Waals surface area contributed by atoms with E-state index < -0.39 is 30.0 Å². The van der Waals surface area contributed by atoms with Crippen molar-refractivity contribution in [3.05, 3.63) is 35.9 Å². The number of carbonyl (C=O) groups is 3. The van der Waals surface area contributed by atoms with Crippen molar-refractivity contribution in [2.45, 2.75) is 32.9 Å². The van der Waals surface area contributed by atoms with Gasteiger partial charge >= 0.3 is 11.9 Å². The highest BCUT2D eigenvalue weighted by atomic mass is 16.5. The van der Waals surface area contributed by atoms with Gasteiger partial charge in [-0.05, 0) is 5.92 Å². The number of hydrogen-bond donors (Lipinski definition) is 2. The Morgan fingerprint density at radius 3 is 2.14 bits per heavy atom. The van der Waals surface area contributed by atoms with Crippen LogP contribution in [-0.2, 0) is 19.1 Å². The first-order chi connectivity index (χ1) is 9.82. The number of carboxylic acid groups (broad SMARTS) is 1. The number of amides is 1. The molecule has 0 aliphatic heterocycles. The summed E-state index contributed by atoms with van der Waals surface area (Å²) in [6.45, 7) is 4.56. The highest BCUT2D eigenvalue weighted by Crippen LogP contribution is 2.18. The van der Waals surface area contributed by atoms with Crippen LogP contribution in [0.4, 0.5) is 0 Å². The summed E-state index contributed by atoms with van der Waals surface area (Å²) in [6.07, 6.45) is -1.16. The number of ether oxygens (including phenoxy) is 1. The molecule has 2 atom stereocenters. The summed E-state index contributed by atoms with van der Waals surface area (Å²) < 4.78 is 5.01. The maximum atomic E-state index is 12.2. The molecule has 0 fully saturated rings. The molecule has 0 saturated carbocycles. The second-order valence-electron chi connectivity index (χ2n) is 4.97. The Bertz CT molecular complexity index is 512. The van der Waals surface area contributed by atoms with Crippen LogP contribution in [0.1, 0.15) is 32.4 Å². The molecule has 0 unspecified atom stereocenters. The van der Waals surface area contributed by atoms with E-state index in [9.17, 15) is 14.4 Å². The fourth-order valence-corrected chi connectivity index (χ4v) is 1.81. The summed E-state index contributed by atoms with van der Waals surface area (Å²) in [7, 11) is 0. The summed E-state index contributed by atoms with van der Waals surface area (Å²) in [4.78, 5) is 34.5. The zero-order chi connectivity index (χ0) is 16.0. The molecule has 0 radical (unpaired) electrons. The van der Waals surface area contributed by atoms with Gasteiger partial charge in [0.25, 0.3) is 5.91 Å². The smallest absolute Gasteiger partial charge is 0.326 e. The molecule has 1 aromatic carbocycles. The molecule has 6 heteroatoms. The van der Waals surface area contributed by atoms with Gasteiger partial charge in [0.2, 0.25) is 6.10 Å². The molecule has 0 aromatic heterocycles. The number of esters is 1. The molecule has 0 spiro atoms. The minimum Gasteiger partial charge on any atom is -0.480 e. The third kappa shape index (κ3) is 4.91.